The molecule has 2 saturated heterocycles. The lowest BCUT2D eigenvalue weighted by Gasteiger charge is -2.32. The number of carbonyl (C=O) groups excluding carboxylic acids is 1. The van der Waals surface area contributed by atoms with Crippen LogP contribution in [-0.2, 0) is 14.6 Å². The number of para-hydroxylation sites is 1. The van der Waals surface area contributed by atoms with E-state index in [2.05, 4.69) is 4.90 Å². The zero-order chi connectivity index (χ0) is 23.1. The molecule has 32 heavy (non-hydrogen) atoms. The first kappa shape index (κ1) is 23.3. The van der Waals surface area contributed by atoms with Gasteiger partial charge < -0.3 is 14.4 Å². The Morgan fingerprint density at radius 1 is 1.09 bits per heavy atom. The van der Waals surface area contributed by atoms with E-state index in [1.807, 2.05) is 25.7 Å². The molecule has 0 bridgehead atoms. The van der Waals surface area contributed by atoms with Gasteiger partial charge in [0.25, 0.3) is 0 Å². The van der Waals surface area contributed by atoms with Crippen LogP contribution in [-0.4, -0.2) is 73.7 Å². The average molecular weight is 469 g/mol. The minimum absolute atomic E-state index is 0.0809. The van der Waals surface area contributed by atoms with E-state index >= 15 is 0 Å². The molecule has 2 atom stereocenters. The fourth-order valence-electron chi connectivity index (χ4n) is 5.03. The molecule has 1 saturated carbocycles. The number of sulfone groups is 1. The van der Waals surface area contributed by atoms with Crippen LogP contribution in [0.3, 0.4) is 0 Å². The number of carbonyl (C=O) groups is 1. The first-order valence-corrected chi connectivity index (χ1v) is 13.0. The molecule has 1 aromatic carbocycles. The number of likely N-dealkylation sites (tertiary alicyclic amines) is 1. The number of piperazine rings is 1. The Labute approximate surface area is 189 Å². The number of ether oxygens (including phenoxy) is 2. The third-order valence-electron chi connectivity index (χ3n) is 6.63. The fourth-order valence-corrected chi connectivity index (χ4v) is 5.87. The number of hydrogen-bond donors (Lipinski definition) is 0. The lowest BCUT2D eigenvalue weighted by molar-refractivity contribution is 0.0244. The lowest BCUT2D eigenvalue weighted by Crippen LogP contribution is -2.41. The summed E-state index contributed by atoms with van der Waals surface area (Å²) >= 11 is 0. The van der Waals surface area contributed by atoms with Gasteiger partial charge in [0, 0.05) is 31.2 Å². The van der Waals surface area contributed by atoms with Crippen molar-refractivity contribution in [2.24, 2.45) is 5.92 Å². The van der Waals surface area contributed by atoms with Crippen molar-refractivity contribution < 1.29 is 27.1 Å². The summed E-state index contributed by atoms with van der Waals surface area (Å²) in [5.74, 6) is 0.584. The number of hydrogen-bond acceptors (Lipinski definition) is 6. The van der Waals surface area contributed by atoms with Gasteiger partial charge in [-0.05, 0) is 64.5 Å². The second-order valence-corrected chi connectivity index (χ2v) is 12.0. The number of rotatable bonds is 6. The van der Waals surface area contributed by atoms with E-state index in [9.17, 15) is 17.6 Å². The van der Waals surface area contributed by atoms with Crippen LogP contribution in [0.5, 0.6) is 5.75 Å². The van der Waals surface area contributed by atoms with Crippen LogP contribution in [0.25, 0.3) is 0 Å². The zero-order valence-corrected chi connectivity index (χ0v) is 19.8. The highest BCUT2D eigenvalue weighted by Gasteiger charge is 2.57. The van der Waals surface area contributed by atoms with E-state index in [1.54, 1.807) is 18.2 Å². The smallest absolute Gasteiger partial charge is 0.410 e. The van der Waals surface area contributed by atoms with Gasteiger partial charge in [0.05, 0.1) is 6.61 Å². The molecule has 0 N–H and O–H groups in total. The Morgan fingerprint density at radius 2 is 1.72 bits per heavy atom. The summed E-state index contributed by atoms with van der Waals surface area (Å²) in [7, 11) is -3.96. The average Bonchev–Trinajstić information content (AvgIpc) is 3.24. The molecule has 7 nitrogen and oxygen atoms in total. The summed E-state index contributed by atoms with van der Waals surface area (Å²) in [5.41, 5.74) is -0.472. The Hall–Kier alpha value is -1.87. The third kappa shape index (κ3) is 5.03. The van der Waals surface area contributed by atoms with Gasteiger partial charge in [0.2, 0.25) is 9.84 Å². The maximum Gasteiger partial charge on any atom is 0.410 e. The van der Waals surface area contributed by atoms with Gasteiger partial charge >= 0.3 is 6.09 Å². The highest BCUT2D eigenvalue weighted by molar-refractivity contribution is 7.91. The summed E-state index contributed by atoms with van der Waals surface area (Å²) in [6.07, 6.45) is 3.93. The van der Waals surface area contributed by atoms with Crippen LogP contribution in [0.2, 0.25) is 0 Å². The Kier molecular flexibility index (Phi) is 6.42. The van der Waals surface area contributed by atoms with Crippen LogP contribution in [0, 0.1) is 5.92 Å². The molecule has 3 fully saturated rings. The molecule has 178 valence electrons. The molecule has 1 amide bonds. The van der Waals surface area contributed by atoms with Gasteiger partial charge in [-0.3, -0.25) is 4.90 Å². The van der Waals surface area contributed by atoms with Crippen molar-refractivity contribution in [2.45, 2.75) is 75.1 Å². The van der Waals surface area contributed by atoms with Crippen molar-refractivity contribution in [3.05, 3.63) is 24.3 Å². The molecule has 0 unspecified atom stereocenters. The number of fused-ring (bicyclic) bond motifs is 1. The molecule has 4 rings (SSSR count). The van der Waals surface area contributed by atoms with E-state index in [1.165, 1.54) is 6.07 Å². The highest BCUT2D eigenvalue weighted by atomic mass is 32.2. The zero-order valence-electron chi connectivity index (χ0n) is 19.0. The SMILES string of the molecule is CC(C)(C)OC(=O)N1C[C@@H]2[C@@H](C1)N2C1CCC(COc2ccccc2S(=O)(=O)CF)CC1. The van der Waals surface area contributed by atoms with Gasteiger partial charge in [-0.1, -0.05) is 12.1 Å². The molecule has 1 aromatic rings. The number of nitrogens with zero attached hydrogens (tertiary/aromatic N) is 2. The van der Waals surface area contributed by atoms with Crippen LogP contribution < -0.4 is 4.74 Å². The predicted octanol–water partition coefficient (Wildman–Crippen LogP) is 3.63. The van der Waals surface area contributed by atoms with E-state index in [0.29, 0.717) is 30.7 Å². The van der Waals surface area contributed by atoms with Crippen LogP contribution in [0.4, 0.5) is 9.18 Å². The molecule has 9 heteroatoms. The van der Waals surface area contributed by atoms with Gasteiger partial charge in [0.1, 0.15) is 16.2 Å². The molecule has 2 aliphatic heterocycles. The number of amides is 1. The second kappa shape index (κ2) is 8.82. The summed E-state index contributed by atoms with van der Waals surface area (Å²) in [4.78, 5) is 16.5. The van der Waals surface area contributed by atoms with Crippen LogP contribution in [0.1, 0.15) is 46.5 Å². The largest absolute Gasteiger partial charge is 0.492 e. The van der Waals surface area contributed by atoms with Gasteiger partial charge in [-0.25, -0.2) is 17.6 Å². The monoisotopic (exact) mass is 468 g/mol. The Bertz CT molecular complexity index is 928. The molecule has 3 aliphatic rings. The normalized spacial score (nSPS) is 30.0. The van der Waals surface area contributed by atoms with Crippen LogP contribution in [0.15, 0.2) is 29.2 Å². The molecular weight excluding hydrogens is 435 g/mol. The minimum atomic E-state index is -3.96. The summed E-state index contributed by atoms with van der Waals surface area (Å²) < 4.78 is 48.1. The second-order valence-electron chi connectivity index (χ2n) is 10.1. The van der Waals surface area contributed by atoms with Crippen molar-refractivity contribution >= 4 is 15.9 Å². The van der Waals surface area contributed by atoms with Crippen LogP contribution >= 0.6 is 0 Å². The maximum atomic E-state index is 12.9. The summed E-state index contributed by atoms with van der Waals surface area (Å²) in [6, 6.07) is 6.23. The molecule has 0 aromatic heterocycles. The topological polar surface area (TPSA) is 75.9 Å². The van der Waals surface area contributed by atoms with E-state index < -0.39 is 21.4 Å². The van der Waals surface area contributed by atoms with Crippen molar-refractivity contribution in [3.8, 4) is 5.75 Å². The number of halogens is 1. The Balaban J connectivity index is 1.22. The maximum absolute atomic E-state index is 12.9. The first-order chi connectivity index (χ1) is 15.1. The van der Waals surface area contributed by atoms with Gasteiger partial charge in [0.15, 0.2) is 6.01 Å². The molecule has 2 heterocycles. The van der Waals surface area contributed by atoms with Crippen molar-refractivity contribution in [1.29, 1.82) is 0 Å². The Morgan fingerprint density at radius 3 is 2.31 bits per heavy atom. The fraction of sp³-hybridized carbons (Fsp3) is 0.696. The predicted molar refractivity (Wildman–Crippen MR) is 118 cm³/mol. The molecule has 0 radical (unpaired) electrons. The number of alkyl halides is 1. The first-order valence-electron chi connectivity index (χ1n) is 11.3. The minimum Gasteiger partial charge on any atom is -0.492 e. The van der Waals surface area contributed by atoms with E-state index in [0.717, 1.165) is 38.8 Å². The standard InChI is InChI=1S/C23H33FN2O5S/c1-23(2,3)31-22(27)25-12-18-19(13-25)26(18)17-10-8-16(9-11-17)14-30-20-6-4-5-7-21(20)32(28,29)15-24/h4-7,16-19H,8-15H2,1-3H3/t16?,17?,18-,19-/m1/s1. The quantitative estimate of drug-likeness (QED) is 0.594. The third-order valence-corrected chi connectivity index (χ3v) is 7.92. The van der Waals surface area contributed by atoms with Crippen molar-refractivity contribution in [3.63, 3.8) is 0 Å². The van der Waals surface area contributed by atoms with Crippen molar-refractivity contribution in [2.75, 3.05) is 25.7 Å². The number of benzene rings is 1. The molecule has 1 aliphatic carbocycles. The summed E-state index contributed by atoms with van der Waals surface area (Å²) in [6.45, 7) is 7.56. The highest BCUT2D eigenvalue weighted by Crippen LogP contribution is 2.43. The molecule has 0 spiro atoms. The van der Waals surface area contributed by atoms with E-state index in [-0.39, 0.29) is 16.7 Å². The van der Waals surface area contributed by atoms with Crippen molar-refractivity contribution in [1.82, 2.24) is 9.80 Å². The van der Waals surface area contributed by atoms with Gasteiger partial charge in [-0.2, -0.15) is 0 Å². The van der Waals surface area contributed by atoms with Gasteiger partial charge in [-0.15, -0.1) is 0 Å². The summed E-state index contributed by atoms with van der Waals surface area (Å²) in [5, 5.41) is 0. The molecular formula is C23H33FN2O5S. The van der Waals surface area contributed by atoms with E-state index in [4.69, 9.17) is 9.47 Å². The lowest BCUT2D eigenvalue weighted by atomic mass is 9.86.